The van der Waals surface area contributed by atoms with Crippen LogP contribution in [0.2, 0.25) is 0 Å². The van der Waals surface area contributed by atoms with Crippen LogP contribution in [0.1, 0.15) is 24.8 Å². The monoisotopic (exact) mass is 230 g/mol. The lowest BCUT2D eigenvalue weighted by atomic mass is 10.1. The Bertz CT molecular complexity index is 549. The average molecular weight is 230 g/mol. The lowest BCUT2D eigenvalue weighted by molar-refractivity contribution is 0.411. The molecule has 5 heteroatoms. The summed E-state index contributed by atoms with van der Waals surface area (Å²) in [6.45, 7) is 0. The average Bonchev–Trinajstić information content (AvgIpc) is 2.74. The second-order valence-corrected chi connectivity index (χ2v) is 4.32. The standard InChI is InChI=1S/C12H14N4O/c13-10-5-2-6-11-14-15-12(16(10)11)8-3-1-4-9(17)7-8/h1,3-4,7,10,17H,2,5-6,13H2. The molecule has 1 atom stereocenters. The molecule has 0 saturated carbocycles. The zero-order chi connectivity index (χ0) is 11.8. The van der Waals surface area contributed by atoms with Gasteiger partial charge in [0, 0.05) is 12.0 Å². The molecule has 1 aromatic heterocycles. The highest BCUT2D eigenvalue weighted by molar-refractivity contribution is 5.58. The van der Waals surface area contributed by atoms with E-state index in [1.165, 1.54) is 0 Å². The fourth-order valence-electron chi connectivity index (χ4n) is 2.28. The number of hydrogen-bond donors (Lipinski definition) is 2. The third-order valence-electron chi connectivity index (χ3n) is 3.10. The summed E-state index contributed by atoms with van der Waals surface area (Å²) in [5, 5.41) is 17.8. The maximum atomic E-state index is 9.49. The Morgan fingerprint density at radius 3 is 3.06 bits per heavy atom. The Hall–Kier alpha value is -1.88. The summed E-state index contributed by atoms with van der Waals surface area (Å²) >= 11 is 0. The molecule has 0 bridgehead atoms. The van der Waals surface area contributed by atoms with E-state index >= 15 is 0 Å². The van der Waals surface area contributed by atoms with Crippen LogP contribution >= 0.6 is 0 Å². The molecule has 88 valence electrons. The molecule has 0 radical (unpaired) electrons. The number of phenols is 1. The van der Waals surface area contributed by atoms with E-state index in [1.54, 1.807) is 18.2 Å². The highest BCUT2D eigenvalue weighted by Gasteiger charge is 2.22. The Morgan fingerprint density at radius 2 is 2.24 bits per heavy atom. The van der Waals surface area contributed by atoms with E-state index in [0.717, 1.165) is 36.5 Å². The number of aromatic hydroxyl groups is 1. The molecule has 2 heterocycles. The van der Waals surface area contributed by atoms with E-state index in [1.807, 2.05) is 10.6 Å². The molecule has 17 heavy (non-hydrogen) atoms. The van der Waals surface area contributed by atoms with E-state index < -0.39 is 0 Å². The molecule has 0 amide bonds. The molecular formula is C12H14N4O. The minimum atomic E-state index is -0.0638. The van der Waals surface area contributed by atoms with Crippen LogP contribution in [-0.2, 0) is 6.42 Å². The Kier molecular flexibility index (Phi) is 2.33. The number of phenolic OH excluding ortho intramolecular Hbond substituents is 1. The predicted octanol–water partition coefficient (Wildman–Crippen LogP) is 1.44. The molecule has 2 aromatic rings. The predicted molar refractivity (Wildman–Crippen MR) is 63.3 cm³/mol. The fourth-order valence-corrected chi connectivity index (χ4v) is 2.28. The van der Waals surface area contributed by atoms with Gasteiger partial charge in [0.25, 0.3) is 0 Å². The molecular weight excluding hydrogens is 216 g/mol. The maximum absolute atomic E-state index is 9.49. The molecule has 3 N–H and O–H groups in total. The van der Waals surface area contributed by atoms with Gasteiger partial charge in [-0.3, -0.25) is 4.57 Å². The first-order valence-corrected chi connectivity index (χ1v) is 5.74. The van der Waals surface area contributed by atoms with Crippen molar-refractivity contribution in [1.82, 2.24) is 14.8 Å². The van der Waals surface area contributed by atoms with Gasteiger partial charge in [-0.05, 0) is 25.0 Å². The van der Waals surface area contributed by atoms with Crippen molar-refractivity contribution < 1.29 is 5.11 Å². The molecule has 1 aliphatic rings. The Balaban J connectivity index is 2.13. The number of aryl methyl sites for hydroxylation is 1. The van der Waals surface area contributed by atoms with Gasteiger partial charge < -0.3 is 10.8 Å². The van der Waals surface area contributed by atoms with Gasteiger partial charge in [0.05, 0.1) is 6.17 Å². The topological polar surface area (TPSA) is 77.0 Å². The number of benzene rings is 1. The zero-order valence-electron chi connectivity index (χ0n) is 9.37. The van der Waals surface area contributed by atoms with E-state index in [2.05, 4.69) is 10.2 Å². The Labute approximate surface area is 98.9 Å². The first kappa shape index (κ1) is 10.3. The molecule has 0 saturated heterocycles. The molecule has 0 spiro atoms. The van der Waals surface area contributed by atoms with Gasteiger partial charge in [-0.25, -0.2) is 0 Å². The first-order chi connectivity index (χ1) is 8.25. The van der Waals surface area contributed by atoms with Crippen molar-refractivity contribution in [2.24, 2.45) is 5.73 Å². The van der Waals surface area contributed by atoms with Gasteiger partial charge in [0.1, 0.15) is 11.6 Å². The fraction of sp³-hybridized carbons (Fsp3) is 0.333. The third-order valence-corrected chi connectivity index (χ3v) is 3.10. The van der Waals surface area contributed by atoms with Gasteiger partial charge in [-0.2, -0.15) is 0 Å². The minimum absolute atomic E-state index is 0.0638. The summed E-state index contributed by atoms with van der Waals surface area (Å²) in [5.41, 5.74) is 6.94. The second kappa shape index (κ2) is 3.85. The molecule has 3 rings (SSSR count). The van der Waals surface area contributed by atoms with Crippen LogP contribution in [0.5, 0.6) is 5.75 Å². The highest BCUT2D eigenvalue weighted by Crippen LogP contribution is 2.28. The second-order valence-electron chi connectivity index (χ2n) is 4.32. The molecule has 5 nitrogen and oxygen atoms in total. The van der Waals surface area contributed by atoms with Crippen LogP contribution in [0.3, 0.4) is 0 Å². The first-order valence-electron chi connectivity index (χ1n) is 5.74. The van der Waals surface area contributed by atoms with Crippen molar-refractivity contribution in [3.05, 3.63) is 30.1 Å². The summed E-state index contributed by atoms with van der Waals surface area (Å²) in [6, 6.07) is 7.01. The van der Waals surface area contributed by atoms with Crippen LogP contribution in [0.15, 0.2) is 24.3 Å². The summed E-state index contributed by atoms with van der Waals surface area (Å²) in [5.74, 6) is 1.90. The number of nitrogens with two attached hydrogens (primary N) is 1. The number of hydrogen-bond acceptors (Lipinski definition) is 4. The minimum Gasteiger partial charge on any atom is -0.508 e. The number of aromatic nitrogens is 3. The van der Waals surface area contributed by atoms with E-state index in [0.29, 0.717) is 0 Å². The Morgan fingerprint density at radius 1 is 1.35 bits per heavy atom. The van der Waals surface area contributed by atoms with Crippen LogP contribution in [-0.4, -0.2) is 19.9 Å². The SMILES string of the molecule is NC1CCCc2nnc(-c3cccc(O)c3)n21. The van der Waals surface area contributed by atoms with Crippen molar-refractivity contribution in [2.45, 2.75) is 25.4 Å². The van der Waals surface area contributed by atoms with Gasteiger partial charge in [0.2, 0.25) is 0 Å². The van der Waals surface area contributed by atoms with E-state index in [-0.39, 0.29) is 11.9 Å². The van der Waals surface area contributed by atoms with Crippen LogP contribution < -0.4 is 5.73 Å². The summed E-state index contributed by atoms with van der Waals surface area (Å²) < 4.78 is 1.97. The summed E-state index contributed by atoms with van der Waals surface area (Å²) in [7, 11) is 0. The quantitative estimate of drug-likeness (QED) is 0.777. The van der Waals surface area contributed by atoms with Crippen molar-refractivity contribution in [2.75, 3.05) is 0 Å². The van der Waals surface area contributed by atoms with E-state index in [4.69, 9.17) is 5.73 Å². The lowest BCUT2D eigenvalue weighted by Gasteiger charge is -2.22. The summed E-state index contributed by atoms with van der Waals surface area (Å²) in [6.07, 6.45) is 2.85. The molecule has 0 aliphatic carbocycles. The number of rotatable bonds is 1. The smallest absolute Gasteiger partial charge is 0.165 e. The van der Waals surface area contributed by atoms with Gasteiger partial charge in [0.15, 0.2) is 5.82 Å². The largest absolute Gasteiger partial charge is 0.508 e. The molecule has 1 unspecified atom stereocenters. The lowest BCUT2D eigenvalue weighted by Crippen LogP contribution is -2.25. The number of fused-ring (bicyclic) bond motifs is 1. The van der Waals surface area contributed by atoms with Crippen molar-refractivity contribution >= 4 is 0 Å². The van der Waals surface area contributed by atoms with Gasteiger partial charge >= 0.3 is 0 Å². The summed E-state index contributed by atoms with van der Waals surface area (Å²) in [4.78, 5) is 0. The molecule has 0 fully saturated rings. The van der Waals surface area contributed by atoms with Gasteiger partial charge in [-0.1, -0.05) is 12.1 Å². The van der Waals surface area contributed by atoms with Crippen molar-refractivity contribution in [3.63, 3.8) is 0 Å². The van der Waals surface area contributed by atoms with E-state index in [9.17, 15) is 5.11 Å². The third kappa shape index (κ3) is 1.68. The van der Waals surface area contributed by atoms with Crippen LogP contribution in [0.25, 0.3) is 11.4 Å². The normalized spacial score (nSPS) is 19.0. The van der Waals surface area contributed by atoms with Crippen LogP contribution in [0, 0.1) is 0 Å². The molecule has 1 aliphatic heterocycles. The van der Waals surface area contributed by atoms with Crippen LogP contribution in [0.4, 0.5) is 0 Å². The zero-order valence-corrected chi connectivity index (χ0v) is 9.37. The number of nitrogens with zero attached hydrogens (tertiary/aromatic N) is 3. The highest BCUT2D eigenvalue weighted by atomic mass is 16.3. The van der Waals surface area contributed by atoms with Gasteiger partial charge in [-0.15, -0.1) is 10.2 Å². The maximum Gasteiger partial charge on any atom is 0.165 e. The van der Waals surface area contributed by atoms with Crippen molar-refractivity contribution in [1.29, 1.82) is 0 Å². The molecule has 1 aromatic carbocycles. The van der Waals surface area contributed by atoms with Crippen molar-refractivity contribution in [3.8, 4) is 17.1 Å².